The van der Waals surface area contributed by atoms with Crippen LogP contribution in [0.5, 0.6) is 0 Å². The second kappa shape index (κ2) is 8.42. The highest BCUT2D eigenvalue weighted by Crippen LogP contribution is 2.27. The van der Waals surface area contributed by atoms with Crippen molar-refractivity contribution in [2.75, 3.05) is 13.1 Å². The molecule has 0 spiro atoms. The standard InChI is InChI=1S/C24H24FNO2/c25-21-9-5-4-8-20(21)22-12-13-23(28-22)24(27)26-16-14-19(15-17-26)11-10-18-6-2-1-3-7-18/h1-9,12-13,19H,10-11,14-17H2. The van der Waals surface area contributed by atoms with Gasteiger partial charge in [-0.2, -0.15) is 0 Å². The lowest BCUT2D eigenvalue weighted by molar-refractivity contribution is 0.0656. The van der Waals surface area contributed by atoms with Gasteiger partial charge in [-0.25, -0.2) is 4.39 Å². The number of hydrogen-bond donors (Lipinski definition) is 0. The van der Waals surface area contributed by atoms with Gasteiger partial charge in [-0.05, 0) is 61.4 Å². The number of rotatable bonds is 5. The number of piperidine rings is 1. The van der Waals surface area contributed by atoms with E-state index >= 15 is 0 Å². The van der Waals surface area contributed by atoms with E-state index in [1.165, 1.54) is 11.6 Å². The molecule has 0 radical (unpaired) electrons. The van der Waals surface area contributed by atoms with Crippen molar-refractivity contribution >= 4 is 5.91 Å². The zero-order valence-corrected chi connectivity index (χ0v) is 15.8. The normalized spacial score (nSPS) is 15.0. The zero-order chi connectivity index (χ0) is 19.3. The van der Waals surface area contributed by atoms with E-state index in [-0.39, 0.29) is 17.5 Å². The van der Waals surface area contributed by atoms with E-state index in [0.29, 0.717) is 17.2 Å². The van der Waals surface area contributed by atoms with E-state index in [9.17, 15) is 9.18 Å². The quantitative estimate of drug-likeness (QED) is 0.582. The topological polar surface area (TPSA) is 33.5 Å². The minimum absolute atomic E-state index is 0.107. The molecule has 1 aliphatic rings. The van der Waals surface area contributed by atoms with Crippen LogP contribution in [-0.4, -0.2) is 23.9 Å². The number of carbonyl (C=O) groups excluding carboxylic acids is 1. The molecule has 1 amide bonds. The molecule has 28 heavy (non-hydrogen) atoms. The van der Waals surface area contributed by atoms with Gasteiger partial charge in [-0.1, -0.05) is 42.5 Å². The summed E-state index contributed by atoms with van der Waals surface area (Å²) in [4.78, 5) is 14.6. The minimum Gasteiger partial charge on any atom is -0.451 e. The summed E-state index contributed by atoms with van der Waals surface area (Å²) in [5.74, 6) is 0.856. The van der Waals surface area contributed by atoms with Crippen molar-refractivity contribution < 1.29 is 13.6 Å². The molecule has 0 bridgehead atoms. The lowest BCUT2D eigenvalue weighted by Crippen LogP contribution is -2.38. The number of nitrogens with zero attached hydrogens (tertiary/aromatic N) is 1. The Balaban J connectivity index is 1.32. The first-order valence-electron chi connectivity index (χ1n) is 9.88. The van der Waals surface area contributed by atoms with Gasteiger partial charge in [0.2, 0.25) is 0 Å². The number of carbonyl (C=O) groups is 1. The maximum absolute atomic E-state index is 13.9. The highest BCUT2D eigenvalue weighted by atomic mass is 19.1. The van der Waals surface area contributed by atoms with Gasteiger partial charge in [-0.15, -0.1) is 0 Å². The Hall–Kier alpha value is -2.88. The van der Waals surface area contributed by atoms with Gasteiger partial charge < -0.3 is 9.32 Å². The van der Waals surface area contributed by atoms with Crippen LogP contribution >= 0.6 is 0 Å². The van der Waals surface area contributed by atoms with Crippen LogP contribution in [0.3, 0.4) is 0 Å². The van der Waals surface area contributed by atoms with Gasteiger partial charge >= 0.3 is 0 Å². The molecular weight excluding hydrogens is 353 g/mol. The number of halogens is 1. The summed E-state index contributed by atoms with van der Waals surface area (Å²) in [6.07, 6.45) is 4.27. The second-order valence-electron chi connectivity index (χ2n) is 7.40. The van der Waals surface area contributed by atoms with Gasteiger partial charge in [0.15, 0.2) is 5.76 Å². The largest absolute Gasteiger partial charge is 0.451 e. The van der Waals surface area contributed by atoms with Gasteiger partial charge in [0.05, 0.1) is 5.56 Å². The Kier molecular flexibility index (Phi) is 5.56. The fourth-order valence-electron chi connectivity index (χ4n) is 3.85. The molecule has 1 fully saturated rings. The second-order valence-corrected chi connectivity index (χ2v) is 7.40. The predicted molar refractivity (Wildman–Crippen MR) is 107 cm³/mol. The van der Waals surface area contributed by atoms with Crippen LogP contribution in [0.25, 0.3) is 11.3 Å². The Morgan fingerprint density at radius 2 is 1.68 bits per heavy atom. The van der Waals surface area contributed by atoms with Crippen molar-refractivity contribution in [3.8, 4) is 11.3 Å². The molecule has 1 aliphatic heterocycles. The number of aryl methyl sites for hydroxylation is 1. The molecule has 0 saturated carbocycles. The van der Waals surface area contributed by atoms with Crippen molar-refractivity contribution in [1.29, 1.82) is 0 Å². The van der Waals surface area contributed by atoms with E-state index in [4.69, 9.17) is 4.42 Å². The fraction of sp³-hybridized carbons (Fsp3) is 0.292. The van der Waals surface area contributed by atoms with E-state index in [1.54, 1.807) is 30.3 Å². The number of furan rings is 1. The Morgan fingerprint density at radius 1 is 0.964 bits per heavy atom. The van der Waals surface area contributed by atoms with Crippen molar-refractivity contribution in [2.24, 2.45) is 5.92 Å². The van der Waals surface area contributed by atoms with E-state index in [2.05, 4.69) is 24.3 Å². The average molecular weight is 377 g/mol. The van der Waals surface area contributed by atoms with Crippen molar-refractivity contribution in [3.63, 3.8) is 0 Å². The minimum atomic E-state index is -0.352. The maximum Gasteiger partial charge on any atom is 0.289 e. The molecule has 1 aromatic heterocycles. The van der Waals surface area contributed by atoms with Crippen LogP contribution in [0.15, 0.2) is 71.1 Å². The molecule has 0 unspecified atom stereocenters. The molecule has 2 aromatic carbocycles. The first kappa shape index (κ1) is 18.5. The van der Waals surface area contributed by atoms with Crippen LogP contribution in [0.4, 0.5) is 4.39 Å². The van der Waals surface area contributed by atoms with Crippen LogP contribution < -0.4 is 0 Å². The average Bonchev–Trinajstić information content (AvgIpc) is 3.23. The Labute approximate surface area is 164 Å². The molecule has 3 nitrogen and oxygen atoms in total. The predicted octanol–water partition coefficient (Wildman–Crippen LogP) is 5.57. The van der Waals surface area contributed by atoms with Crippen molar-refractivity contribution in [1.82, 2.24) is 4.90 Å². The number of hydrogen-bond acceptors (Lipinski definition) is 2. The Morgan fingerprint density at radius 3 is 2.43 bits per heavy atom. The van der Waals surface area contributed by atoms with Crippen LogP contribution in [-0.2, 0) is 6.42 Å². The molecule has 144 valence electrons. The number of benzene rings is 2. The molecule has 3 aromatic rings. The summed E-state index contributed by atoms with van der Waals surface area (Å²) in [5.41, 5.74) is 1.75. The monoisotopic (exact) mass is 377 g/mol. The summed E-state index contributed by atoms with van der Waals surface area (Å²) in [7, 11) is 0. The Bertz CT molecular complexity index is 927. The lowest BCUT2D eigenvalue weighted by atomic mass is 9.90. The summed E-state index contributed by atoms with van der Waals surface area (Å²) in [5, 5.41) is 0. The SMILES string of the molecule is O=C(c1ccc(-c2ccccc2F)o1)N1CCC(CCc2ccccc2)CC1. The summed E-state index contributed by atoms with van der Waals surface area (Å²) in [6.45, 7) is 1.49. The van der Waals surface area contributed by atoms with E-state index < -0.39 is 0 Å². The third kappa shape index (κ3) is 4.16. The molecule has 0 atom stereocenters. The van der Waals surface area contributed by atoms with Crippen LogP contribution in [0.1, 0.15) is 35.4 Å². The van der Waals surface area contributed by atoms with Gasteiger partial charge in [0.25, 0.3) is 5.91 Å². The molecule has 1 saturated heterocycles. The lowest BCUT2D eigenvalue weighted by Gasteiger charge is -2.31. The highest BCUT2D eigenvalue weighted by Gasteiger charge is 2.25. The first-order chi connectivity index (χ1) is 13.7. The number of likely N-dealkylation sites (tertiary alicyclic amines) is 1. The first-order valence-corrected chi connectivity index (χ1v) is 9.88. The van der Waals surface area contributed by atoms with Gasteiger partial charge in [0.1, 0.15) is 11.6 Å². The zero-order valence-electron chi connectivity index (χ0n) is 15.8. The van der Waals surface area contributed by atoms with E-state index in [1.807, 2.05) is 11.0 Å². The maximum atomic E-state index is 13.9. The molecule has 0 N–H and O–H groups in total. The van der Waals surface area contributed by atoms with Crippen molar-refractivity contribution in [3.05, 3.63) is 83.9 Å². The smallest absolute Gasteiger partial charge is 0.289 e. The third-order valence-electron chi connectivity index (χ3n) is 5.54. The highest BCUT2D eigenvalue weighted by molar-refractivity contribution is 5.92. The molecule has 4 rings (SSSR count). The summed E-state index contributed by atoms with van der Waals surface area (Å²) < 4.78 is 19.6. The summed E-state index contributed by atoms with van der Waals surface area (Å²) >= 11 is 0. The molecule has 0 aliphatic carbocycles. The van der Waals surface area contributed by atoms with Gasteiger partial charge in [0, 0.05) is 13.1 Å². The van der Waals surface area contributed by atoms with Crippen LogP contribution in [0.2, 0.25) is 0 Å². The molecular formula is C24H24FNO2. The third-order valence-corrected chi connectivity index (χ3v) is 5.54. The molecule has 4 heteroatoms. The van der Waals surface area contributed by atoms with Crippen LogP contribution in [0, 0.1) is 11.7 Å². The van der Waals surface area contributed by atoms with Crippen molar-refractivity contribution in [2.45, 2.75) is 25.7 Å². The summed E-state index contributed by atoms with van der Waals surface area (Å²) in [6, 6.07) is 20.3. The van der Waals surface area contributed by atoms with E-state index in [0.717, 1.165) is 38.8 Å². The fourth-order valence-corrected chi connectivity index (χ4v) is 3.85. The molecule has 2 heterocycles. The van der Waals surface area contributed by atoms with Gasteiger partial charge in [-0.3, -0.25) is 4.79 Å². The number of amides is 1.